The van der Waals surface area contributed by atoms with Gasteiger partial charge in [-0.15, -0.1) is 0 Å². The number of carbonyl (C=O) groups is 1. The summed E-state index contributed by atoms with van der Waals surface area (Å²) >= 11 is 0. The minimum atomic E-state index is -0.0454. The Balaban J connectivity index is 1.31. The Bertz CT molecular complexity index is 1180. The number of rotatable bonds is 11. The van der Waals surface area contributed by atoms with Crippen molar-refractivity contribution in [2.45, 2.75) is 44.1 Å². The molecule has 4 rings (SSSR count). The first-order valence-electron chi connectivity index (χ1n) is 13.5. The van der Waals surface area contributed by atoms with Crippen LogP contribution in [0, 0.1) is 0 Å². The highest BCUT2D eigenvalue weighted by molar-refractivity contribution is 5.96. The normalized spacial score (nSPS) is 17.2. The number of hydrogen-bond donors (Lipinski definition) is 1. The number of benzene rings is 3. The predicted octanol–water partition coefficient (Wildman–Crippen LogP) is 6.16. The van der Waals surface area contributed by atoms with Crippen LogP contribution in [-0.4, -0.2) is 58.3 Å². The lowest BCUT2D eigenvalue weighted by Crippen LogP contribution is -2.37. The molecule has 0 atom stereocenters. The van der Waals surface area contributed by atoms with Gasteiger partial charge in [0.25, 0.3) is 5.91 Å². The first-order chi connectivity index (χ1) is 18.5. The highest BCUT2D eigenvalue weighted by Crippen LogP contribution is 2.35. The van der Waals surface area contributed by atoms with E-state index >= 15 is 0 Å². The van der Waals surface area contributed by atoms with Crippen LogP contribution in [-0.2, 0) is 0 Å². The van der Waals surface area contributed by atoms with E-state index in [2.05, 4.69) is 48.6 Å². The molecule has 1 amide bonds. The zero-order chi connectivity index (χ0) is 26.9. The zero-order valence-corrected chi connectivity index (χ0v) is 23.0. The highest BCUT2D eigenvalue weighted by atomic mass is 16.5. The fourth-order valence-electron chi connectivity index (χ4n) is 5.11. The number of nitrogens with one attached hydrogen (secondary N) is 1. The Kier molecular flexibility index (Phi) is 9.66. The van der Waals surface area contributed by atoms with Crippen molar-refractivity contribution in [3.05, 3.63) is 77.9 Å². The van der Waals surface area contributed by atoms with Gasteiger partial charge in [0.05, 0.1) is 20.8 Å². The van der Waals surface area contributed by atoms with Gasteiger partial charge in [0.1, 0.15) is 17.2 Å². The summed E-state index contributed by atoms with van der Waals surface area (Å²) in [5, 5.41) is 3.26. The van der Waals surface area contributed by atoms with Crippen LogP contribution in [0.1, 0.15) is 53.9 Å². The van der Waals surface area contributed by atoms with Crippen molar-refractivity contribution in [2.75, 3.05) is 41.5 Å². The standard InChI is InChI=1S/C32H40N2O4/c1-34(2)19-6-20-38-28-16-11-24(12-17-28)23-9-14-27(15-10-23)33-32(35)26-13-18-31(37-4)30(22-26)25-7-5-8-29(21-25)36-3/h5,7-8,11-13,16-18,21-23,27H,6,9-10,14-15,19-20H2,1-4H3,(H,33,35). The van der Waals surface area contributed by atoms with Crippen LogP contribution >= 0.6 is 0 Å². The van der Waals surface area contributed by atoms with Crippen LogP contribution in [0.25, 0.3) is 11.1 Å². The quantitative estimate of drug-likeness (QED) is 0.310. The molecule has 0 unspecified atom stereocenters. The Morgan fingerprint density at radius 3 is 2.34 bits per heavy atom. The molecule has 1 aliphatic rings. The second-order valence-corrected chi connectivity index (χ2v) is 10.2. The molecule has 202 valence electrons. The summed E-state index contributed by atoms with van der Waals surface area (Å²) < 4.78 is 16.8. The topological polar surface area (TPSA) is 60.0 Å². The van der Waals surface area contributed by atoms with E-state index in [0.29, 0.717) is 11.5 Å². The third-order valence-corrected chi connectivity index (χ3v) is 7.27. The van der Waals surface area contributed by atoms with Crippen LogP contribution in [0.3, 0.4) is 0 Å². The number of ether oxygens (including phenoxy) is 3. The van der Waals surface area contributed by atoms with Gasteiger partial charge in [0, 0.05) is 23.7 Å². The van der Waals surface area contributed by atoms with Crippen molar-refractivity contribution in [1.82, 2.24) is 10.2 Å². The molecule has 1 saturated carbocycles. The molecule has 0 saturated heterocycles. The van der Waals surface area contributed by atoms with Crippen molar-refractivity contribution in [1.29, 1.82) is 0 Å². The highest BCUT2D eigenvalue weighted by Gasteiger charge is 2.24. The summed E-state index contributed by atoms with van der Waals surface area (Å²) in [6.07, 6.45) is 5.08. The molecular weight excluding hydrogens is 476 g/mol. The fourth-order valence-corrected chi connectivity index (χ4v) is 5.11. The molecule has 0 aromatic heterocycles. The molecular formula is C32H40N2O4. The number of methoxy groups -OCH3 is 2. The Hall–Kier alpha value is -3.51. The van der Waals surface area contributed by atoms with Gasteiger partial charge in [-0.05, 0) is 106 Å². The molecule has 0 spiro atoms. The van der Waals surface area contributed by atoms with Gasteiger partial charge in [0.2, 0.25) is 0 Å². The minimum Gasteiger partial charge on any atom is -0.497 e. The fraction of sp³-hybridized carbons (Fsp3) is 0.406. The summed E-state index contributed by atoms with van der Waals surface area (Å²) in [5.41, 5.74) is 3.80. The molecule has 38 heavy (non-hydrogen) atoms. The summed E-state index contributed by atoms with van der Waals surface area (Å²) in [6.45, 7) is 1.76. The van der Waals surface area contributed by atoms with Gasteiger partial charge in [0.15, 0.2) is 0 Å². The molecule has 1 N–H and O–H groups in total. The van der Waals surface area contributed by atoms with E-state index in [0.717, 1.165) is 73.6 Å². The smallest absolute Gasteiger partial charge is 0.251 e. The van der Waals surface area contributed by atoms with Gasteiger partial charge in [-0.25, -0.2) is 0 Å². The molecule has 0 aliphatic heterocycles. The molecule has 1 fully saturated rings. The van der Waals surface area contributed by atoms with Crippen LogP contribution < -0.4 is 19.5 Å². The predicted molar refractivity (Wildman–Crippen MR) is 153 cm³/mol. The SMILES string of the molecule is COc1cccc(-c2cc(C(=O)NC3CCC(c4ccc(OCCCN(C)C)cc4)CC3)ccc2OC)c1. The van der Waals surface area contributed by atoms with Crippen molar-refractivity contribution < 1.29 is 19.0 Å². The maximum atomic E-state index is 13.2. The largest absolute Gasteiger partial charge is 0.497 e. The van der Waals surface area contributed by atoms with Crippen molar-refractivity contribution >= 4 is 5.91 Å². The Morgan fingerprint density at radius 2 is 1.66 bits per heavy atom. The lowest BCUT2D eigenvalue weighted by Gasteiger charge is -2.29. The Morgan fingerprint density at radius 1 is 0.895 bits per heavy atom. The summed E-state index contributed by atoms with van der Waals surface area (Å²) in [7, 11) is 7.44. The van der Waals surface area contributed by atoms with Gasteiger partial charge in [-0.2, -0.15) is 0 Å². The first-order valence-corrected chi connectivity index (χ1v) is 13.5. The van der Waals surface area contributed by atoms with E-state index in [1.807, 2.05) is 42.5 Å². The van der Waals surface area contributed by atoms with Crippen LogP contribution in [0.15, 0.2) is 66.7 Å². The van der Waals surface area contributed by atoms with Gasteiger partial charge in [-0.1, -0.05) is 24.3 Å². The minimum absolute atomic E-state index is 0.0454. The third-order valence-electron chi connectivity index (χ3n) is 7.27. The number of nitrogens with zero attached hydrogens (tertiary/aromatic N) is 1. The van der Waals surface area contributed by atoms with Gasteiger partial charge in [-0.3, -0.25) is 4.79 Å². The average molecular weight is 517 g/mol. The van der Waals surface area contributed by atoms with E-state index < -0.39 is 0 Å². The van der Waals surface area contributed by atoms with Crippen molar-refractivity contribution in [3.63, 3.8) is 0 Å². The van der Waals surface area contributed by atoms with Crippen LogP contribution in [0.5, 0.6) is 17.2 Å². The van der Waals surface area contributed by atoms with E-state index in [4.69, 9.17) is 14.2 Å². The number of amides is 1. The summed E-state index contributed by atoms with van der Waals surface area (Å²) in [5.74, 6) is 2.89. The van der Waals surface area contributed by atoms with E-state index in [-0.39, 0.29) is 11.9 Å². The second-order valence-electron chi connectivity index (χ2n) is 10.2. The zero-order valence-electron chi connectivity index (χ0n) is 23.0. The number of carbonyl (C=O) groups excluding carboxylic acids is 1. The first kappa shape index (κ1) is 27.5. The molecule has 0 radical (unpaired) electrons. The lowest BCUT2D eigenvalue weighted by molar-refractivity contribution is 0.0926. The molecule has 3 aromatic carbocycles. The maximum Gasteiger partial charge on any atom is 0.251 e. The lowest BCUT2D eigenvalue weighted by atomic mass is 9.81. The summed E-state index contributed by atoms with van der Waals surface area (Å²) in [6, 6.07) is 22.1. The Labute approximate surface area is 226 Å². The molecule has 3 aromatic rings. The van der Waals surface area contributed by atoms with Gasteiger partial charge < -0.3 is 24.4 Å². The molecule has 6 nitrogen and oxygen atoms in total. The van der Waals surface area contributed by atoms with Gasteiger partial charge >= 0.3 is 0 Å². The van der Waals surface area contributed by atoms with Crippen LogP contribution in [0.4, 0.5) is 0 Å². The van der Waals surface area contributed by atoms with Crippen LogP contribution in [0.2, 0.25) is 0 Å². The van der Waals surface area contributed by atoms with E-state index in [1.54, 1.807) is 14.2 Å². The second kappa shape index (κ2) is 13.3. The van der Waals surface area contributed by atoms with Crippen molar-refractivity contribution in [3.8, 4) is 28.4 Å². The monoisotopic (exact) mass is 516 g/mol. The third kappa shape index (κ3) is 7.29. The molecule has 0 heterocycles. The van der Waals surface area contributed by atoms with E-state index in [1.165, 1.54) is 5.56 Å². The number of hydrogen-bond acceptors (Lipinski definition) is 5. The molecule has 1 aliphatic carbocycles. The van der Waals surface area contributed by atoms with E-state index in [9.17, 15) is 4.79 Å². The maximum absolute atomic E-state index is 13.2. The summed E-state index contributed by atoms with van der Waals surface area (Å²) in [4.78, 5) is 15.3. The average Bonchev–Trinajstić information content (AvgIpc) is 2.95. The van der Waals surface area contributed by atoms with Crippen molar-refractivity contribution in [2.24, 2.45) is 0 Å². The molecule has 0 bridgehead atoms. The molecule has 6 heteroatoms.